The van der Waals surface area contributed by atoms with Crippen LogP contribution in [-0.4, -0.2) is 29.0 Å². The molecule has 2 unspecified atom stereocenters. The van der Waals surface area contributed by atoms with Crippen molar-refractivity contribution in [3.05, 3.63) is 30.1 Å². The Morgan fingerprint density at radius 3 is 2.47 bits per heavy atom. The van der Waals surface area contributed by atoms with Gasteiger partial charge in [0.05, 0.1) is 0 Å². The highest BCUT2D eigenvalue weighted by atomic mass is 15.1. The molecule has 0 saturated carbocycles. The Morgan fingerprint density at radius 2 is 1.89 bits per heavy atom. The lowest BCUT2D eigenvalue weighted by atomic mass is 10.0. The van der Waals surface area contributed by atoms with Gasteiger partial charge in [-0.3, -0.25) is 9.88 Å². The lowest BCUT2D eigenvalue weighted by Gasteiger charge is -2.24. The number of nitrogens with zero attached hydrogens (tertiary/aromatic N) is 2. The van der Waals surface area contributed by atoms with Crippen LogP contribution >= 0.6 is 0 Å². The summed E-state index contributed by atoms with van der Waals surface area (Å²) in [6.07, 6.45) is 7.39. The molecular weight excluding hydrogens is 234 g/mol. The van der Waals surface area contributed by atoms with Gasteiger partial charge in [0, 0.05) is 31.5 Å². The summed E-state index contributed by atoms with van der Waals surface area (Å²) in [7, 11) is 0. The third kappa shape index (κ3) is 7.28. The largest absolute Gasteiger partial charge is 0.328 e. The fraction of sp³-hybridized carbons (Fsp3) is 0.688. The maximum atomic E-state index is 5.79. The SMILES string of the molecule is CCN(Cc1ccncc1)CC(C)CCCC(C)N. The predicted octanol–water partition coefficient (Wildman–Crippen LogP) is 3.06. The minimum absolute atomic E-state index is 0.339. The van der Waals surface area contributed by atoms with Crippen molar-refractivity contribution in [2.75, 3.05) is 13.1 Å². The Labute approximate surface area is 118 Å². The van der Waals surface area contributed by atoms with Crippen molar-refractivity contribution in [3.8, 4) is 0 Å². The number of hydrogen-bond donors (Lipinski definition) is 1. The average Bonchev–Trinajstić information content (AvgIpc) is 2.38. The molecule has 0 aromatic carbocycles. The maximum absolute atomic E-state index is 5.79. The van der Waals surface area contributed by atoms with Crippen LogP contribution in [0, 0.1) is 5.92 Å². The molecule has 0 radical (unpaired) electrons. The molecule has 0 aliphatic heterocycles. The van der Waals surface area contributed by atoms with E-state index in [0.717, 1.165) is 32.0 Å². The molecule has 2 N–H and O–H groups in total. The highest BCUT2D eigenvalue weighted by Crippen LogP contribution is 2.12. The van der Waals surface area contributed by atoms with Gasteiger partial charge in [-0.05, 0) is 49.9 Å². The first kappa shape index (κ1) is 16.1. The minimum atomic E-state index is 0.339. The Kier molecular flexibility index (Phi) is 7.68. The Balaban J connectivity index is 2.31. The number of nitrogens with two attached hydrogens (primary N) is 1. The lowest BCUT2D eigenvalue weighted by molar-refractivity contribution is 0.232. The van der Waals surface area contributed by atoms with Gasteiger partial charge in [-0.1, -0.05) is 20.3 Å². The normalized spacial score (nSPS) is 14.6. The second-order valence-electron chi connectivity index (χ2n) is 5.70. The molecule has 0 aliphatic carbocycles. The number of hydrogen-bond acceptors (Lipinski definition) is 3. The molecule has 1 aromatic heterocycles. The van der Waals surface area contributed by atoms with Gasteiger partial charge in [-0.2, -0.15) is 0 Å². The van der Waals surface area contributed by atoms with Crippen LogP contribution in [0.2, 0.25) is 0 Å². The van der Waals surface area contributed by atoms with E-state index in [-0.39, 0.29) is 0 Å². The first-order valence-corrected chi connectivity index (χ1v) is 7.48. The minimum Gasteiger partial charge on any atom is -0.328 e. The van der Waals surface area contributed by atoms with E-state index in [4.69, 9.17) is 5.73 Å². The van der Waals surface area contributed by atoms with Crippen molar-refractivity contribution < 1.29 is 0 Å². The molecule has 0 amide bonds. The van der Waals surface area contributed by atoms with Crippen molar-refractivity contribution in [3.63, 3.8) is 0 Å². The molecule has 108 valence electrons. The van der Waals surface area contributed by atoms with Crippen LogP contribution in [0.3, 0.4) is 0 Å². The van der Waals surface area contributed by atoms with E-state index in [9.17, 15) is 0 Å². The smallest absolute Gasteiger partial charge is 0.0271 e. The van der Waals surface area contributed by atoms with Crippen molar-refractivity contribution in [2.24, 2.45) is 11.7 Å². The van der Waals surface area contributed by atoms with Crippen LogP contribution in [0.25, 0.3) is 0 Å². The molecule has 1 heterocycles. The Morgan fingerprint density at radius 1 is 1.21 bits per heavy atom. The zero-order chi connectivity index (χ0) is 14.1. The monoisotopic (exact) mass is 263 g/mol. The van der Waals surface area contributed by atoms with Gasteiger partial charge < -0.3 is 5.73 Å². The highest BCUT2D eigenvalue weighted by molar-refractivity contribution is 5.09. The van der Waals surface area contributed by atoms with Crippen LogP contribution < -0.4 is 5.73 Å². The fourth-order valence-electron chi connectivity index (χ4n) is 2.37. The van der Waals surface area contributed by atoms with Gasteiger partial charge in [-0.15, -0.1) is 0 Å². The number of aromatic nitrogens is 1. The molecule has 0 spiro atoms. The number of rotatable bonds is 9. The summed E-state index contributed by atoms with van der Waals surface area (Å²) >= 11 is 0. The molecule has 1 rings (SSSR count). The standard InChI is InChI=1S/C16H29N3/c1-4-19(13-16-8-10-18-11-9-16)12-14(2)6-5-7-15(3)17/h8-11,14-15H,4-7,12-13,17H2,1-3H3. The van der Waals surface area contributed by atoms with Crippen LogP contribution in [0.1, 0.15) is 45.6 Å². The summed E-state index contributed by atoms with van der Waals surface area (Å²) in [5.74, 6) is 0.737. The molecule has 3 heteroatoms. The van der Waals surface area contributed by atoms with Gasteiger partial charge in [0.25, 0.3) is 0 Å². The van der Waals surface area contributed by atoms with E-state index >= 15 is 0 Å². The molecule has 1 aromatic rings. The predicted molar refractivity (Wildman–Crippen MR) is 81.9 cm³/mol. The van der Waals surface area contributed by atoms with Gasteiger partial charge in [0.1, 0.15) is 0 Å². The van der Waals surface area contributed by atoms with Crippen molar-refractivity contribution in [2.45, 2.75) is 52.6 Å². The van der Waals surface area contributed by atoms with Crippen LogP contribution in [-0.2, 0) is 6.54 Å². The third-order valence-corrected chi connectivity index (χ3v) is 3.53. The van der Waals surface area contributed by atoms with E-state index < -0.39 is 0 Å². The molecule has 0 bridgehead atoms. The molecule has 0 fully saturated rings. The topological polar surface area (TPSA) is 42.2 Å². The molecule has 0 saturated heterocycles. The summed E-state index contributed by atoms with van der Waals surface area (Å²) < 4.78 is 0. The Hall–Kier alpha value is -0.930. The van der Waals surface area contributed by atoms with E-state index in [1.807, 2.05) is 12.4 Å². The first-order valence-electron chi connectivity index (χ1n) is 7.48. The van der Waals surface area contributed by atoms with Gasteiger partial charge in [0.2, 0.25) is 0 Å². The maximum Gasteiger partial charge on any atom is 0.0271 e. The van der Waals surface area contributed by atoms with Crippen molar-refractivity contribution in [1.82, 2.24) is 9.88 Å². The quantitative estimate of drug-likeness (QED) is 0.744. The lowest BCUT2D eigenvalue weighted by Crippen LogP contribution is -2.28. The molecule has 3 nitrogen and oxygen atoms in total. The molecule has 19 heavy (non-hydrogen) atoms. The molecular formula is C16H29N3. The fourth-order valence-corrected chi connectivity index (χ4v) is 2.37. The second-order valence-corrected chi connectivity index (χ2v) is 5.70. The van der Waals surface area contributed by atoms with E-state index in [1.165, 1.54) is 18.4 Å². The summed E-state index contributed by atoms with van der Waals surface area (Å²) in [5, 5.41) is 0. The summed E-state index contributed by atoms with van der Waals surface area (Å²) in [5.41, 5.74) is 7.14. The van der Waals surface area contributed by atoms with Gasteiger partial charge in [-0.25, -0.2) is 0 Å². The zero-order valence-electron chi connectivity index (χ0n) is 12.7. The third-order valence-electron chi connectivity index (χ3n) is 3.53. The Bertz CT molecular complexity index is 324. The van der Waals surface area contributed by atoms with Crippen LogP contribution in [0.4, 0.5) is 0 Å². The van der Waals surface area contributed by atoms with Crippen molar-refractivity contribution in [1.29, 1.82) is 0 Å². The van der Waals surface area contributed by atoms with Crippen LogP contribution in [0.5, 0.6) is 0 Å². The molecule has 2 atom stereocenters. The zero-order valence-corrected chi connectivity index (χ0v) is 12.7. The summed E-state index contributed by atoms with van der Waals surface area (Å²) in [6.45, 7) is 9.95. The van der Waals surface area contributed by atoms with Crippen molar-refractivity contribution >= 4 is 0 Å². The second kappa shape index (κ2) is 9.05. The summed E-state index contributed by atoms with van der Waals surface area (Å²) in [6, 6.07) is 4.54. The molecule has 0 aliphatic rings. The van der Waals surface area contributed by atoms with Crippen LogP contribution in [0.15, 0.2) is 24.5 Å². The number of pyridine rings is 1. The van der Waals surface area contributed by atoms with E-state index in [1.54, 1.807) is 0 Å². The van der Waals surface area contributed by atoms with E-state index in [2.05, 4.69) is 42.8 Å². The summed E-state index contributed by atoms with van der Waals surface area (Å²) in [4.78, 5) is 6.57. The van der Waals surface area contributed by atoms with Gasteiger partial charge in [0.15, 0.2) is 0 Å². The first-order chi connectivity index (χ1) is 9.11. The highest BCUT2D eigenvalue weighted by Gasteiger charge is 2.09. The van der Waals surface area contributed by atoms with E-state index in [0.29, 0.717) is 6.04 Å². The average molecular weight is 263 g/mol. The van der Waals surface area contributed by atoms with Gasteiger partial charge >= 0.3 is 0 Å².